The summed E-state index contributed by atoms with van der Waals surface area (Å²) in [6, 6.07) is 12.6. The third-order valence-corrected chi connectivity index (χ3v) is 5.37. The molecule has 0 fully saturated rings. The summed E-state index contributed by atoms with van der Waals surface area (Å²) in [5, 5.41) is 14.1. The minimum atomic E-state index is 0.166. The number of nitrogens with zero attached hydrogens (tertiary/aromatic N) is 3. The molecule has 3 aromatic heterocycles. The zero-order valence-electron chi connectivity index (χ0n) is 16.2. The van der Waals surface area contributed by atoms with Crippen LogP contribution in [0.2, 0.25) is 0 Å². The minimum Gasteiger partial charge on any atom is -0.377 e. The Morgan fingerprint density at radius 2 is 2.04 bits per heavy atom. The van der Waals surface area contributed by atoms with Crippen LogP contribution in [0.4, 0.5) is 5.82 Å². The van der Waals surface area contributed by atoms with Crippen molar-refractivity contribution < 1.29 is 4.74 Å². The van der Waals surface area contributed by atoms with Gasteiger partial charge in [0, 0.05) is 36.2 Å². The number of aryl methyl sites for hydroxylation is 1. The lowest BCUT2D eigenvalue weighted by Gasteiger charge is -2.16. The third-order valence-electron chi connectivity index (χ3n) is 4.50. The normalized spacial score (nSPS) is 12.4. The van der Waals surface area contributed by atoms with Crippen molar-refractivity contribution in [1.82, 2.24) is 20.2 Å². The van der Waals surface area contributed by atoms with Crippen molar-refractivity contribution in [1.29, 1.82) is 0 Å². The van der Waals surface area contributed by atoms with Gasteiger partial charge in [-0.05, 0) is 25.5 Å². The predicted octanol–water partition coefficient (Wildman–Crippen LogP) is 4.58. The number of fused-ring (bicyclic) bond motifs is 1. The highest BCUT2D eigenvalue weighted by atomic mass is 32.1. The molecular formula is C21H23N5OS. The fraction of sp³-hybridized carbons (Fsp3) is 0.286. The van der Waals surface area contributed by atoms with Crippen LogP contribution in [-0.2, 0) is 17.8 Å². The van der Waals surface area contributed by atoms with E-state index >= 15 is 0 Å². The van der Waals surface area contributed by atoms with E-state index in [1.807, 2.05) is 13.0 Å². The molecule has 0 radical (unpaired) electrons. The number of hydrogen-bond donors (Lipinski definition) is 2. The molecule has 2 N–H and O–H groups in total. The van der Waals surface area contributed by atoms with E-state index in [2.05, 4.69) is 58.1 Å². The van der Waals surface area contributed by atoms with Crippen LogP contribution in [-0.4, -0.2) is 33.3 Å². The molecule has 3 heterocycles. The number of H-pyrrole nitrogens is 1. The summed E-state index contributed by atoms with van der Waals surface area (Å²) in [6.07, 6.45) is 0.806. The number of rotatable bonds is 7. The number of ether oxygens (including phenoxy) is 1. The number of methoxy groups -OCH3 is 1. The van der Waals surface area contributed by atoms with Crippen molar-refractivity contribution in [2.24, 2.45) is 0 Å². The van der Waals surface area contributed by atoms with Gasteiger partial charge in [-0.25, -0.2) is 9.97 Å². The highest BCUT2D eigenvalue weighted by Gasteiger charge is 2.17. The summed E-state index contributed by atoms with van der Waals surface area (Å²) in [4.78, 5) is 10.4. The molecule has 7 heteroatoms. The van der Waals surface area contributed by atoms with E-state index in [4.69, 9.17) is 14.7 Å². The van der Waals surface area contributed by atoms with Gasteiger partial charge >= 0.3 is 0 Å². The van der Waals surface area contributed by atoms with Crippen LogP contribution < -0.4 is 5.32 Å². The first-order valence-electron chi connectivity index (χ1n) is 9.24. The number of thiophene rings is 1. The number of hydrogen-bond acceptors (Lipinski definition) is 6. The first kappa shape index (κ1) is 18.6. The SMILES string of the molecule is COCc1nc(NC(C)Cc2cc(C)[nH]n2)c2c(-c3ccccc3)csc2n1. The molecule has 0 aliphatic carbocycles. The molecule has 0 saturated heterocycles. The highest BCUT2D eigenvalue weighted by Crippen LogP contribution is 2.37. The second kappa shape index (κ2) is 8.08. The highest BCUT2D eigenvalue weighted by molar-refractivity contribution is 7.17. The lowest BCUT2D eigenvalue weighted by atomic mass is 10.1. The summed E-state index contributed by atoms with van der Waals surface area (Å²) in [6.45, 7) is 4.54. The number of nitrogens with one attached hydrogen (secondary N) is 2. The standard InChI is InChI=1S/C21H23N5OS/c1-13(9-16-10-14(2)25-26-16)22-20-19-17(15-7-5-4-6-8-15)12-28-21(19)24-18(23-20)11-27-3/h4-8,10,12-13H,9,11H2,1-3H3,(H,25,26)(H,22,23,24). The lowest BCUT2D eigenvalue weighted by molar-refractivity contribution is 0.178. The Kier molecular flexibility index (Phi) is 5.36. The predicted molar refractivity (Wildman–Crippen MR) is 114 cm³/mol. The van der Waals surface area contributed by atoms with Gasteiger partial charge in [-0.2, -0.15) is 5.10 Å². The zero-order chi connectivity index (χ0) is 19.5. The Labute approximate surface area is 168 Å². The molecule has 0 amide bonds. The average Bonchev–Trinajstić information content (AvgIpc) is 3.29. The molecule has 4 rings (SSSR count). The monoisotopic (exact) mass is 393 g/mol. The van der Waals surface area contributed by atoms with E-state index in [9.17, 15) is 0 Å². The van der Waals surface area contributed by atoms with E-state index in [0.29, 0.717) is 12.4 Å². The van der Waals surface area contributed by atoms with Crippen molar-refractivity contribution in [3.63, 3.8) is 0 Å². The Balaban J connectivity index is 1.72. The van der Waals surface area contributed by atoms with Crippen LogP contribution in [0.5, 0.6) is 0 Å². The van der Waals surface area contributed by atoms with E-state index in [1.54, 1.807) is 18.4 Å². The quantitative estimate of drug-likeness (QED) is 0.481. The summed E-state index contributed by atoms with van der Waals surface area (Å²) in [5.41, 5.74) is 4.41. The van der Waals surface area contributed by atoms with Gasteiger partial charge in [0.15, 0.2) is 5.82 Å². The first-order valence-corrected chi connectivity index (χ1v) is 10.1. The second-order valence-electron chi connectivity index (χ2n) is 6.91. The van der Waals surface area contributed by atoms with Gasteiger partial charge in [-0.1, -0.05) is 30.3 Å². The van der Waals surface area contributed by atoms with Crippen molar-refractivity contribution in [2.75, 3.05) is 12.4 Å². The summed E-state index contributed by atoms with van der Waals surface area (Å²) in [5.74, 6) is 1.53. The number of aromatic nitrogens is 4. The second-order valence-corrected chi connectivity index (χ2v) is 7.77. The Morgan fingerprint density at radius 3 is 2.75 bits per heavy atom. The molecule has 0 bridgehead atoms. The van der Waals surface area contributed by atoms with E-state index in [-0.39, 0.29) is 6.04 Å². The lowest BCUT2D eigenvalue weighted by Crippen LogP contribution is -2.20. The van der Waals surface area contributed by atoms with Gasteiger partial charge in [0.1, 0.15) is 17.3 Å². The Hall–Kier alpha value is -2.77. The summed E-state index contributed by atoms with van der Waals surface area (Å²) >= 11 is 1.63. The van der Waals surface area contributed by atoms with E-state index < -0.39 is 0 Å². The molecule has 28 heavy (non-hydrogen) atoms. The van der Waals surface area contributed by atoms with Crippen LogP contribution in [0.1, 0.15) is 24.1 Å². The fourth-order valence-electron chi connectivity index (χ4n) is 3.29. The zero-order valence-corrected chi connectivity index (χ0v) is 17.0. The van der Waals surface area contributed by atoms with Gasteiger partial charge in [-0.15, -0.1) is 11.3 Å². The third kappa shape index (κ3) is 3.90. The van der Waals surface area contributed by atoms with Crippen LogP contribution in [0, 0.1) is 6.92 Å². The van der Waals surface area contributed by atoms with E-state index in [1.165, 1.54) is 0 Å². The minimum absolute atomic E-state index is 0.166. The molecule has 4 aromatic rings. The first-order chi connectivity index (χ1) is 13.6. The van der Waals surface area contributed by atoms with Gasteiger partial charge in [0.25, 0.3) is 0 Å². The van der Waals surface area contributed by atoms with Crippen molar-refractivity contribution in [2.45, 2.75) is 32.9 Å². The topological polar surface area (TPSA) is 75.7 Å². The maximum absolute atomic E-state index is 5.26. The molecular weight excluding hydrogens is 370 g/mol. The van der Waals surface area contributed by atoms with E-state index in [0.717, 1.165) is 45.0 Å². The smallest absolute Gasteiger partial charge is 0.158 e. The van der Waals surface area contributed by atoms with Crippen molar-refractivity contribution in [3.05, 3.63) is 59.0 Å². The molecule has 0 aliphatic heterocycles. The van der Waals surface area contributed by atoms with Gasteiger partial charge in [-0.3, -0.25) is 5.10 Å². The molecule has 0 spiro atoms. The van der Waals surface area contributed by atoms with Gasteiger partial charge in [0.2, 0.25) is 0 Å². The van der Waals surface area contributed by atoms with Crippen molar-refractivity contribution >= 4 is 27.4 Å². The molecule has 6 nitrogen and oxygen atoms in total. The molecule has 1 unspecified atom stereocenters. The molecule has 0 saturated carbocycles. The molecule has 144 valence electrons. The maximum Gasteiger partial charge on any atom is 0.158 e. The number of aromatic amines is 1. The molecule has 1 atom stereocenters. The Bertz CT molecular complexity index is 1070. The largest absolute Gasteiger partial charge is 0.377 e. The summed E-state index contributed by atoms with van der Waals surface area (Å²) in [7, 11) is 1.66. The van der Waals surface area contributed by atoms with Gasteiger partial charge < -0.3 is 10.1 Å². The van der Waals surface area contributed by atoms with Crippen molar-refractivity contribution in [3.8, 4) is 11.1 Å². The van der Waals surface area contributed by atoms with Gasteiger partial charge in [0.05, 0.1) is 11.1 Å². The van der Waals surface area contributed by atoms with Crippen LogP contribution in [0.25, 0.3) is 21.3 Å². The maximum atomic E-state index is 5.26. The molecule has 1 aromatic carbocycles. The average molecular weight is 394 g/mol. The van der Waals surface area contributed by atoms with Crippen LogP contribution in [0.15, 0.2) is 41.8 Å². The Morgan fingerprint density at radius 1 is 1.21 bits per heavy atom. The summed E-state index contributed by atoms with van der Waals surface area (Å²) < 4.78 is 5.26. The number of benzene rings is 1. The fourth-order valence-corrected chi connectivity index (χ4v) is 4.26. The molecule has 0 aliphatic rings. The number of anilines is 1. The van der Waals surface area contributed by atoms with Crippen LogP contribution in [0.3, 0.4) is 0 Å². The van der Waals surface area contributed by atoms with Crippen LogP contribution >= 0.6 is 11.3 Å².